The maximum Gasteiger partial charge on any atom is 0.124 e. The lowest BCUT2D eigenvalue weighted by atomic mass is 10.00. The van der Waals surface area contributed by atoms with Crippen LogP contribution in [0, 0.1) is 5.82 Å². The molecule has 0 aromatic heterocycles. The topological polar surface area (TPSA) is 26.0 Å². The Kier molecular flexibility index (Phi) is 5.17. The molecule has 0 heterocycles. The number of hydrogen-bond acceptors (Lipinski definition) is 1. The quantitative estimate of drug-likeness (QED) is 0.668. The zero-order valence-electron chi connectivity index (χ0n) is 9.84. The third-order valence-electron chi connectivity index (χ3n) is 2.74. The molecule has 2 aromatic carbocycles. The lowest BCUT2D eigenvalue weighted by Crippen LogP contribution is -2.14. The fourth-order valence-electron chi connectivity index (χ4n) is 1.89. The first-order valence-electron chi connectivity index (χ1n) is 5.61. The largest absolute Gasteiger partial charge is 0.324 e. The third-order valence-corrected chi connectivity index (χ3v) is 4.38. The molecule has 0 bridgehead atoms. The molecule has 5 heteroatoms. The summed E-state index contributed by atoms with van der Waals surface area (Å²) in [6, 6.07) is 10.5. The molecule has 1 nitrogen and oxygen atoms in total. The minimum Gasteiger partial charge on any atom is -0.324 e. The van der Waals surface area contributed by atoms with E-state index in [0.29, 0.717) is 6.42 Å². The minimum atomic E-state index is -0.258. The summed E-state index contributed by atoms with van der Waals surface area (Å²) in [4.78, 5) is 0. The summed E-state index contributed by atoms with van der Waals surface area (Å²) in [6.45, 7) is 0. The Morgan fingerprint density at radius 2 is 1.74 bits per heavy atom. The van der Waals surface area contributed by atoms with E-state index in [9.17, 15) is 4.39 Å². The van der Waals surface area contributed by atoms with Gasteiger partial charge in [-0.25, -0.2) is 4.39 Å². The lowest BCUT2D eigenvalue weighted by molar-refractivity contribution is 0.621. The van der Waals surface area contributed by atoms with Gasteiger partial charge in [0.15, 0.2) is 0 Å². The van der Waals surface area contributed by atoms with Gasteiger partial charge in [0.05, 0.1) is 0 Å². The number of hydrogen-bond donors (Lipinski definition) is 1. The smallest absolute Gasteiger partial charge is 0.124 e. The molecule has 0 spiro atoms. The van der Waals surface area contributed by atoms with Crippen molar-refractivity contribution in [1.29, 1.82) is 0 Å². The van der Waals surface area contributed by atoms with Crippen LogP contribution in [-0.4, -0.2) is 0 Å². The average Bonchev–Trinajstić information content (AvgIpc) is 2.26. The maximum atomic E-state index is 13.3. The molecule has 0 saturated carbocycles. The average molecular weight is 452 g/mol. The fourth-order valence-corrected chi connectivity index (χ4v) is 3.75. The highest BCUT2D eigenvalue weighted by molar-refractivity contribution is 9.11. The molecule has 0 aliphatic heterocycles. The van der Waals surface area contributed by atoms with Gasteiger partial charge < -0.3 is 5.73 Å². The van der Waals surface area contributed by atoms with Crippen LogP contribution in [0.25, 0.3) is 0 Å². The molecule has 0 amide bonds. The van der Waals surface area contributed by atoms with E-state index < -0.39 is 0 Å². The van der Waals surface area contributed by atoms with Crippen molar-refractivity contribution >= 4 is 47.8 Å². The zero-order chi connectivity index (χ0) is 14.0. The van der Waals surface area contributed by atoms with Crippen LogP contribution in [0.2, 0.25) is 0 Å². The Balaban J connectivity index is 2.22. The molecule has 0 radical (unpaired) electrons. The van der Waals surface area contributed by atoms with E-state index in [1.165, 1.54) is 12.1 Å². The predicted molar refractivity (Wildman–Crippen MR) is 86.6 cm³/mol. The van der Waals surface area contributed by atoms with Crippen LogP contribution < -0.4 is 5.73 Å². The van der Waals surface area contributed by atoms with Crippen molar-refractivity contribution in [3.05, 3.63) is 66.8 Å². The van der Waals surface area contributed by atoms with Crippen LogP contribution in [0.4, 0.5) is 4.39 Å². The normalized spacial score (nSPS) is 12.5. The van der Waals surface area contributed by atoms with Crippen molar-refractivity contribution in [1.82, 2.24) is 0 Å². The first-order chi connectivity index (χ1) is 8.95. The molecule has 0 fully saturated rings. The molecule has 2 rings (SSSR count). The summed E-state index contributed by atoms with van der Waals surface area (Å²) in [5.74, 6) is -0.258. The second kappa shape index (κ2) is 6.48. The van der Waals surface area contributed by atoms with Crippen molar-refractivity contribution in [2.45, 2.75) is 12.5 Å². The highest BCUT2D eigenvalue weighted by atomic mass is 79.9. The van der Waals surface area contributed by atoms with Crippen molar-refractivity contribution in [3.63, 3.8) is 0 Å². The number of halogens is 4. The SMILES string of the molecule is NC(Cc1cc(F)cc(Br)c1)c1ccc(Br)cc1Br. The van der Waals surface area contributed by atoms with Gasteiger partial charge in [-0.05, 0) is 47.9 Å². The van der Waals surface area contributed by atoms with Gasteiger partial charge in [-0.2, -0.15) is 0 Å². The Morgan fingerprint density at radius 1 is 1.00 bits per heavy atom. The molecule has 19 heavy (non-hydrogen) atoms. The zero-order valence-corrected chi connectivity index (χ0v) is 14.6. The van der Waals surface area contributed by atoms with Gasteiger partial charge in [0, 0.05) is 19.5 Å². The Labute approximate surface area is 136 Å². The predicted octanol–water partition coefficient (Wildman–Crippen LogP) is 5.36. The monoisotopic (exact) mass is 449 g/mol. The number of benzene rings is 2. The van der Waals surface area contributed by atoms with Gasteiger partial charge in [-0.3, -0.25) is 0 Å². The van der Waals surface area contributed by atoms with Crippen molar-refractivity contribution in [3.8, 4) is 0 Å². The van der Waals surface area contributed by atoms with Crippen molar-refractivity contribution < 1.29 is 4.39 Å². The summed E-state index contributed by atoms with van der Waals surface area (Å²) < 4.78 is 16.0. The first-order valence-corrected chi connectivity index (χ1v) is 7.99. The molecule has 100 valence electrons. The number of nitrogens with two attached hydrogens (primary N) is 1. The van der Waals surface area contributed by atoms with Gasteiger partial charge in [0.2, 0.25) is 0 Å². The van der Waals surface area contributed by atoms with E-state index in [4.69, 9.17) is 5.73 Å². The summed E-state index contributed by atoms with van der Waals surface area (Å²) in [5, 5.41) is 0. The summed E-state index contributed by atoms with van der Waals surface area (Å²) in [6.07, 6.45) is 0.580. The molecule has 1 unspecified atom stereocenters. The second-order valence-corrected chi connectivity index (χ2v) is 6.94. The Morgan fingerprint density at radius 3 is 2.37 bits per heavy atom. The van der Waals surface area contributed by atoms with Gasteiger partial charge in [-0.15, -0.1) is 0 Å². The van der Waals surface area contributed by atoms with Crippen LogP contribution >= 0.6 is 47.8 Å². The van der Waals surface area contributed by atoms with E-state index in [-0.39, 0.29) is 11.9 Å². The summed E-state index contributed by atoms with van der Waals surface area (Å²) >= 11 is 10.2. The molecule has 2 aromatic rings. The highest BCUT2D eigenvalue weighted by Crippen LogP contribution is 2.28. The van der Waals surface area contributed by atoms with Gasteiger partial charge in [-0.1, -0.05) is 53.9 Å². The lowest BCUT2D eigenvalue weighted by Gasteiger charge is -2.14. The highest BCUT2D eigenvalue weighted by Gasteiger charge is 2.12. The molecule has 0 saturated heterocycles. The van der Waals surface area contributed by atoms with Crippen LogP contribution in [0.15, 0.2) is 49.8 Å². The van der Waals surface area contributed by atoms with Gasteiger partial charge in [0.25, 0.3) is 0 Å². The molecular formula is C14H11Br3FN. The molecule has 2 N–H and O–H groups in total. The van der Waals surface area contributed by atoms with E-state index in [1.807, 2.05) is 24.3 Å². The minimum absolute atomic E-state index is 0.184. The number of rotatable bonds is 3. The maximum absolute atomic E-state index is 13.3. The second-order valence-electron chi connectivity index (χ2n) is 4.25. The molecule has 0 aliphatic carbocycles. The molecule has 0 aliphatic rings. The summed E-state index contributed by atoms with van der Waals surface area (Å²) in [7, 11) is 0. The molecular weight excluding hydrogens is 441 g/mol. The van der Waals surface area contributed by atoms with E-state index >= 15 is 0 Å². The third kappa shape index (κ3) is 4.12. The van der Waals surface area contributed by atoms with Gasteiger partial charge in [0.1, 0.15) is 5.82 Å². The standard InChI is InChI=1S/C14H11Br3FN/c15-9-1-2-12(13(17)7-9)14(19)5-8-3-10(16)6-11(18)4-8/h1-4,6-7,14H,5,19H2. The Bertz CT molecular complexity index is 581. The van der Waals surface area contributed by atoms with E-state index in [2.05, 4.69) is 47.8 Å². The van der Waals surface area contributed by atoms with Crippen LogP contribution in [0.5, 0.6) is 0 Å². The van der Waals surface area contributed by atoms with Crippen LogP contribution in [0.3, 0.4) is 0 Å². The van der Waals surface area contributed by atoms with Crippen molar-refractivity contribution in [2.24, 2.45) is 5.73 Å². The summed E-state index contributed by atoms with van der Waals surface area (Å²) in [5.41, 5.74) is 8.07. The van der Waals surface area contributed by atoms with E-state index in [0.717, 1.165) is 24.5 Å². The van der Waals surface area contributed by atoms with Crippen LogP contribution in [-0.2, 0) is 6.42 Å². The Hall–Kier alpha value is -0.230. The van der Waals surface area contributed by atoms with Crippen LogP contribution in [0.1, 0.15) is 17.2 Å². The van der Waals surface area contributed by atoms with E-state index in [1.54, 1.807) is 0 Å². The first kappa shape index (κ1) is 15.2. The van der Waals surface area contributed by atoms with Gasteiger partial charge >= 0.3 is 0 Å². The fraction of sp³-hybridized carbons (Fsp3) is 0.143. The molecule has 1 atom stereocenters. The van der Waals surface area contributed by atoms with Crippen molar-refractivity contribution in [2.75, 3.05) is 0 Å².